The summed E-state index contributed by atoms with van der Waals surface area (Å²) in [5.74, 6) is 2.87. The first-order chi connectivity index (χ1) is 16.8. The van der Waals surface area contributed by atoms with E-state index in [4.69, 9.17) is 0 Å². The molecule has 1 aromatic heterocycles. The molecule has 2 N–H and O–H groups in total. The lowest BCUT2D eigenvalue weighted by Crippen LogP contribution is -2.59. The predicted octanol–water partition coefficient (Wildman–Crippen LogP) is 5.43. The van der Waals surface area contributed by atoms with Crippen LogP contribution in [-0.4, -0.2) is 34.8 Å². The molecule has 0 unspecified atom stereocenters. The molecule has 2 amide bonds. The fraction of sp³-hybridized carbons (Fsp3) is 0.600. The van der Waals surface area contributed by atoms with E-state index >= 15 is 0 Å². The van der Waals surface area contributed by atoms with Crippen LogP contribution in [0.3, 0.4) is 0 Å². The number of rotatable bonds is 4. The number of aromatic nitrogens is 1. The summed E-state index contributed by atoms with van der Waals surface area (Å²) in [4.78, 5) is 30.6. The number of H-pyrrole nitrogens is 1. The van der Waals surface area contributed by atoms with Crippen molar-refractivity contribution in [1.29, 1.82) is 0 Å². The fourth-order valence-electron chi connectivity index (χ4n) is 8.89. The Balaban J connectivity index is 1.12. The molecule has 2 heterocycles. The first-order valence-corrected chi connectivity index (χ1v) is 13.6. The van der Waals surface area contributed by atoms with Crippen LogP contribution in [0.25, 0.3) is 10.9 Å². The molecule has 0 radical (unpaired) electrons. The zero-order valence-electron chi connectivity index (χ0n) is 21.3. The summed E-state index contributed by atoms with van der Waals surface area (Å²) < 4.78 is 0. The minimum Gasteiger partial charge on any atom is -0.361 e. The molecule has 3 fully saturated rings. The molecular weight excluding hydrogens is 434 g/mol. The van der Waals surface area contributed by atoms with Crippen LogP contribution in [-0.2, 0) is 16.1 Å². The SMILES string of the molecule is CN1C(=O)C=C[C@]2(C)[C@H]3CC[C@]4(C)[C@@H](CC(=O)NCc5ccc6[nH]ccc6c5)CC[C@H]4[C@@H]3CC[C@@H]12. The summed E-state index contributed by atoms with van der Waals surface area (Å²) in [6, 6.07) is 8.74. The molecule has 3 aliphatic carbocycles. The molecule has 1 aliphatic heterocycles. The van der Waals surface area contributed by atoms with Crippen LogP contribution >= 0.6 is 0 Å². The summed E-state index contributed by atoms with van der Waals surface area (Å²) in [5.41, 5.74) is 2.62. The van der Waals surface area contributed by atoms with Crippen LogP contribution in [0.5, 0.6) is 0 Å². The van der Waals surface area contributed by atoms with E-state index in [1.807, 2.05) is 24.2 Å². The first-order valence-electron chi connectivity index (χ1n) is 13.6. The van der Waals surface area contributed by atoms with Crippen molar-refractivity contribution in [2.75, 3.05) is 7.05 Å². The van der Waals surface area contributed by atoms with Crippen molar-refractivity contribution in [3.63, 3.8) is 0 Å². The lowest BCUT2D eigenvalue weighted by atomic mass is 9.47. The molecule has 3 saturated carbocycles. The van der Waals surface area contributed by atoms with Gasteiger partial charge in [-0.2, -0.15) is 0 Å². The number of fused-ring (bicyclic) bond motifs is 6. The summed E-state index contributed by atoms with van der Waals surface area (Å²) in [7, 11) is 1.99. The second kappa shape index (κ2) is 8.25. The van der Waals surface area contributed by atoms with Gasteiger partial charge in [0.05, 0.1) is 0 Å². The molecule has 186 valence electrons. The number of nitrogens with one attached hydrogen (secondary N) is 2. The van der Waals surface area contributed by atoms with Gasteiger partial charge in [-0.15, -0.1) is 0 Å². The highest BCUT2D eigenvalue weighted by Gasteiger charge is 2.60. The highest BCUT2D eigenvalue weighted by Crippen LogP contribution is 2.65. The highest BCUT2D eigenvalue weighted by atomic mass is 16.2. The molecule has 0 spiro atoms. The van der Waals surface area contributed by atoms with Crippen LogP contribution in [0.2, 0.25) is 0 Å². The van der Waals surface area contributed by atoms with Crippen LogP contribution in [0.15, 0.2) is 42.6 Å². The second-order valence-electron chi connectivity index (χ2n) is 12.3. The van der Waals surface area contributed by atoms with Crippen LogP contribution in [0.4, 0.5) is 0 Å². The van der Waals surface area contributed by atoms with Gasteiger partial charge in [0.1, 0.15) is 0 Å². The number of likely N-dealkylation sites (N-methyl/N-ethyl adjacent to an activating group) is 1. The third-order valence-corrected chi connectivity index (χ3v) is 10.9. The number of amides is 2. The number of nitrogens with zero attached hydrogens (tertiary/aromatic N) is 1. The van der Waals surface area contributed by atoms with Gasteiger partial charge >= 0.3 is 0 Å². The third-order valence-electron chi connectivity index (χ3n) is 10.9. The van der Waals surface area contributed by atoms with Crippen LogP contribution < -0.4 is 5.32 Å². The number of benzene rings is 1. The summed E-state index contributed by atoms with van der Waals surface area (Å²) in [5, 5.41) is 4.39. The maximum atomic E-state index is 13.0. The van der Waals surface area contributed by atoms with Crippen molar-refractivity contribution in [3.05, 3.63) is 48.2 Å². The van der Waals surface area contributed by atoms with Crippen molar-refractivity contribution in [2.45, 2.75) is 71.4 Å². The lowest BCUT2D eigenvalue weighted by molar-refractivity contribution is -0.139. The largest absolute Gasteiger partial charge is 0.361 e. The predicted molar refractivity (Wildman–Crippen MR) is 138 cm³/mol. The number of hydrogen-bond donors (Lipinski definition) is 2. The van der Waals surface area contributed by atoms with E-state index in [0.717, 1.165) is 17.5 Å². The minimum atomic E-state index is 0.0862. The Morgan fingerprint density at radius 1 is 1.11 bits per heavy atom. The van der Waals surface area contributed by atoms with Crippen molar-refractivity contribution >= 4 is 22.7 Å². The number of hydrogen-bond acceptors (Lipinski definition) is 2. The zero-order chi connectivity index (χ0) is 24.4. The molecule has 5 heteroatoms. The molecule has 6 rings (SSSR count). The smallest absolute Gasteiger partial charge is 0.246 e. The Kier molecular flexibility index (Phi) is 5.39. The monoisotopic (exact) mass is 473 g/mol. The van der Waals surface area contributed by atoms with Gasteiger partial charge in [0.2, 0.25) is 11.8 Å². The molecule has 0 bridgehead atoms. The van der Waals surface area contributed by atoms with Gasteiger partial charge in [-0.1, -0.05) is 26.0 Å². The van der Waals surface area contributed by atoms with Gasteiger partial charge in [0.25, 0.3) is 0 Å². The molecule has 0 saturated heterocycles. The van der Waals surface area contributed by atoms with Gasteiger partial charge in [-0.3, -0.25) is 9.59 Å². The van der Waals surface area contributed by atoms with E-state index in [0.29, 0.717) is 42.7 Å². The Hall–Kier alpha value is -2.56. The molecule has 4 aliphatic rings. The molecule has 7 atom stereocenters. The van der Waals surface area contributed by atoms with Crippen molar-refractivity contribution in [2.24, 2.45) is 34.5 Å². The van der Waals surface area contributed by atoms with Crippen molar-refractivity contribution in [1.82, 2.24) is 15.2 Å². The topological polar surface area (TPSA) is 65.2 Å². The standard InChI is InChI=1S/C30H39N3O2/c1-29-13-10-24-22(6-9-26-30(24,2)14-11-28(35)33(26)3)23(29)7-5-21(29)17-27(34)32-18-19-4-8-25-20(16-19)12-15-31-25/h4,8,11-12,14-16,21-24,26,31H,5-7,9-10,13,17-18H2,1-3H3,(H,32,34)/t21-,22+,23+,24+,26-,29-,30-/m1/s1. The normalized spacial score (nSPS) is 38.2. The van der Waals surface area contributed by atoms with Gasteiger partial charge in [0, 0.05) is 43.2 Å². The van der Waals surface area contributed by atoms with E-state index in [2.05, 4.69) is 54.5 Å². The van der Waals surface area contributed by atoms with E-state index in [1.54, 1.807) is 0 Å². The lowest BCUT2D eigenvalue weighted by Gasteiger charge is -2.60. The van der Waals surface area contributed by atoms with E-state index in [-0.39, 0.29) is 22.6 Å². The summed E-state index contributed by atoms with van der Waals surface area (Å²) in [6.07, 6.45) is 13.8. The van der Waals surface area contributed by atoms with E-state index in [1.165, 1.54) is 37.5 Å². The number of aromatic amines is 1. The Morgan fingerprint density at radius 2 is 1.97 bits per heavy atom. The fourth-order valence-corrected chi connectivity index (χ4v) is 8.89. The van der Waals surface area contributed by atoms with E-state index < -0.39 is 0 Å². The summed E-state index contributed by atoms with van der Waals surface area (Å²) in [6.45, 7) is 5.48. The Labute approximate surface area is 208 Å². The number of carbonyl (C=O) groups is 2. The maximum absolute atomic E-state index is 13.0. The maximum Gasteiger partial charge on any atom is 0.246 e. The molecule has 2 aromatic rings. The number of carbonyl (C=O) groups excluding carboxylic acids is 2. The van der Waals surface area contributed by atoms with Gasteiger partial charge in [-0.05, 0) is 103 Å². The molecule has 1 aromatic carbocycles. The van der Waals surface area contributed by atoms with Crippen molar-refractivity contribution < 1.29 is 9.59 Å². The quantitative estimate of drug-likeness (QED) is 0.622. The van der Waals surface area contributed by atoms with Crippen molar-refractivity contribution in [3.8, 4) is 0 Å². The molecule has 35 heavy (non-hydrogen) atoms. The zero-order valence-corrected chi connectivity index (χ0v) is 21.3. The second-order valence-corrected chi connectivity index (χ2v) is 12.3. The molecule has 5 nitrogen and oxygen atoms in total. The summed E-state index contributed by atoms with van der Waals surface area (Å²) >= 11 is 0. The average Bonchev–Trinajstić information content (AvgIpc) is 3.44. The average molecular weight is 474 g/mol. The van der Waals surface area contributed by atoms with Gasteiger partial charge in [-0.25, -0.2) is 0 Å². The van der Waals surface area contributed by atoms with Crippen LogP contribution in [0, 0.1) is 34.5 Å². The highest BCUT2D eigenvalue weighted by molar-refractivity contribution is 5.89. The van der Waals surface area contributed by atoms with E-state index in [9.17, 15) is 9.59 Å². The third kappa shape index (κ3) is 3.56. The Morgan fingerprint density at radius 3 is 2.83 bits per heavy atom. The van der Waals surface area contributed by atoms with Gasteiger partial charge < -0.3 is 15.2 Å². The minimum absolute atomic E-state index is 0.0862. The molecular formula is C30H39N3O2. The Bertz CT molecular complexity index is 1180. The van der Waals surface area contributed by atoms with Crippen LogP contribution in [0.1, 0.15) is 64.4 Å². The van der Waals surface area contributed by atoms with Gasteiger partial charge in [0.15, 0.2) is 0 Å². The first kappa shape index (κ1) is 22.9.